The summed E-state index contributed by atoms with van der Waals surface area (Å²) in [5, 5.41) is 14.7. The standard InChI is InChI=1S/C17H11Br2N3O4/c18-12-3-1-11(2-4-12)16(23)8-7-13-5-6-14(26-13)9-21-10-15(19)17(20-21)22(24)25/h1-8,10H,9H2/b8-7+. The van der Waals surface area contributed by atoms with Crippen molar-refractivity contribution < 1.29 is 14.1 Å². The molecule has 0 fully saturated rings. The molecule has 9 heteroatoms. The molecular weight excluding hydrogens is 470 g/mol. The van der Waals surface area contributed by atoms with Crippen LogP contribution in [0.3, 0.4) is 0 Å². The van der Waals surface area contributed by atoms with E-state index in [1.54, 1.807) is 42.5 Å². The predicted octanol–water partition coefficient (Wildman–Crippen LogP) is 4.85. The molecular formula is C17H11Br2N3O4. The van der Waals surface area contributed by atoms with Crippen molar-refractivity contribution in [1.29, 1.82) is 0 Å². The molecule has 3 rings (SSSR count). The van der Waals surface area contributed by atoms with Crippen LogP contribution in [0.25, 0.3) is 6.08 Å². The number of hydrogen-bond donors (Lipinski definition) is 0. The van der Waals surface area contributed by atoms with Crippen molar-refractivity contribution >= 4 is 49.5 Å². The third-order valence-corrected chi connectivity index (χ3v) is 4.49. The highest BCUT2D eigenvalue weighted by Gasteiger charge is 2.19. The van der Waals surface area contributed by atoms with Crippen LogP contribution in [-0.2, 0) is 6.54 Å². The second-order valence-corrected chi connectivity index (χ2v) is 7.03. The van der Waals surface area contributed by atoms with Crippen molar-refractivity contribution in [2.75, 3.05) is 0 Å². The predicted molar refractivity (Wildman–Crippen MR) is 102 cm³/mol. The van der Waals surface area contributed by atoms with Crippen LogP contribution in [0.1, 0.15) is 21.9 Å². The molecule has 0 atom stereocenters. The van der Waals surface area contributed by atoms with E-state index < -0.39 is 4.92 Å². The van der Waals surface area contributed by atoms with E-state index in [1.807, 2.05) is 0 Å². The molecule has 1 aromatic carbocycles. The highest BCUT2D eigenvalue weighted by molar-refractivity contribution is 9.10. The summed E-state index contributed by atoms with van der Waals surface area (Å²) in [6.07, 6.45) is 4.52. The minimum atomic E-state index is -0.565. The molecule has 2 heterocycles. The van der Waals surface area contributed by atoms with Crippen LogP contribution in [0.5, 0.6) is 0 Å². The zero-order chi connectivity index (χ0) is 18.7. The number of carbonyl (C=O) groups excluding carboxylic acids is 1. The zero-order valence-electron chi connectivity index (χ0n) is 13.1. The van der Waals surface area contributed by atoms with Crippen molar-refractivity contribution in [3.63, 3.8) is 0 Å². The number of hydrogen-bond acceptors (Lipinski definition) is 5. The number of halogens is 2. The summed E-state index contributed by atoms with van der Waals surface area (Å²) >= 11 is 6.42. The minimum absolute atomic E-state index is 0.137. The van der Waals surface area contributed by atoms with Gasteiger partial charge in [0.2, 0.25) is 0 Å². The third kappa shape index (κ3) is 4.36. The monoisotopic (exact) mass is 479 g/mol. The van der Waals surface area contributed by atoms with Gasteiger partial charge in [0.05, 0.1) is 11.3 Å². The molecule has 0 aliphatic carbocycles. The van der Waals surface area contributed by atoms with Gasteiger partial charge in [0, 0.05) is 10.0 Å². The number of nitro groups is 1. The van der Waals surface area contributed by atoms with E-state index in [0.717, 1.165) is 4.47 Å². The number of benzene rings is 1. The fraction of sp³-hybridized carbons (Fsp3) is 0.0588. The molecule has 7 nitrogen and oxygen atoms in total. The Morgan fingerprint density at radius 3 is 2.62 bits per heavy atom. The van der Waals surface area contributed by atoms with Crippen LogP contribution < -0.4 is 0 Å². The highest BCUT2D eigenvalue weighted by Crippen LogP contribution is 2.23. The summed E-state index contributed by atoms with van der Waals surface area (Å²) in [4.78, 5) is 22.3. The maximum absolute atomic E-state index is 12.1. The number of aromatic nitrogens is 2. The molecule has 0 radical (unpaired) electrons. The summed E-state index contributed by atoms with van der Waals surface area (Å²) in [6.45, 7) is 0.237. The maximum atomic E-state index is 12.1. The smallest absolute Gasteiger partial charge is 0.404 e. The van der Waals surface area contributed by atoms with E-state index in [0.29, 0.717) is 21.6 Å². The molecule has 0 saturated carbocycles. The number of nitrogens with zero attached hydrogens (tertiary/aromatic N) is 3. The topological polar surface area (TPSA) is 91.2 Å². The van der Waals surface area contributed by atoms with Gasteiger partial charge in [0.25, 0.3) is 0 Å². The van der Waals surface area contributed by atoms with E-state index in [2.05, 4.69) is 37.0 Å². The fourth-order valence-corrected chi connectivity index (χ4v) is 2.91. The van der Waals surface area contributed by atoms with Crippen LogP contribution >= 0.6 is 31.9 Å². The number of rotatable bonds is 6. The molecule has 0 aliphatic heterocycles. The van der Waals surface area contributed by atoms with E-state index >= 15 is 0 Å². The zero-order valence-corrected chi connectivity index (χ0v) is 16.3. The van der Waals surface area contributed by atoms with E-state index in [1.165, 1.54) is 17.0 Å². The van der Waals surface area contributed by atoms with Crippen LogP contribution in [-0.4, -0.2) is 20.5 Å². The number of allylic oxidation sites excluding steroid dienone is 1. The van der Waals surface area contributed by atoms with Crippen molar-refractivity contribution in [2.24, 2.45) is 0 Å². The molecule has 0 unspecified atom stereocenters. The van der Waals surface area contributed by atoms with Crippen molar-refractivity contribution in [2.45, 2.75) is 6.54 Å². The van der Waals surface area contributed by atoms with E-state index in [9.17, 15) is 14.9 Å². The Hall–Kier alpha value is -2.52. The average molecular weight is 481 g/mol. The van der Waals surface area contributed by atoms with Gasteiger partial charge in [-0.25, -0.2) is 0 Å². The van der Waals surface area contributed by atoms with E-state index in [-0.39, 0.29) is 18.1 Å². The third-order valence-electron chi connectivity index (χ3n) is 3.40. The molecule has 0 saturated heterocycles. The minimum Gasteiger partial charge on any atom is -0.460 e. The van der Waals surface area contributed by atoms with Gasteiger partial charge in [-0.2, -0.15) is 4.68 Å². The Balaban J connectivity index is 1.68. The van der Waals surface area contributed by atoms with Gasteiger partial charge in [-0.3, -0.25) is 4.79 Å². The lowest BCUT2D eigenvalue weighted by Gasteiger charge is -1.95. The van der Waals surface area contributed by atoms with Gasteiger partial charge in [-0.15, -0.1) is 0 Å². The summed E-state index contributed by atoms with van der Waals surface area (Å²) in [6, 6.07) is 10.5. The normalized spacial score (nSPS) is 11.2. The van der Waals surface area contributed by atoms with Gasteiger partial charge < -0.3 is 14.5 Å². The maximum Gasteiger partial charge on any atom is 0.404 e. The second-order valence-electron chi connectivity index (χ2n) is 5.26. The summed E-state index contributed by atoms with van der Waals surface area (Å²) in [7, 11) is 0. The summed E-state index contributed by atoms with van der Waals surface area (Å²) < 4.78 is 8.22. The van der Waals surface area contributed by atoms with Crippen LogP contribution in [0.4, 0.5) is 5.82 Å². The van der Waals surface area contributed by atoms with Crippen LogP contribution in [0.15, 0.2) is 62.0 Å². The lowest BCUT2D eigenvalue weighted by Crippen LogP contribution is -2.00. The lowest BCUT2D eigenvalue weighted by molar-refractivity contribution is -0.390. The van der Waals surface area contributed by atoms with E-state index in [4.69, 9.17) is 4.42 Å². The molecule has 26 heavy (non-hydrogen) atoms. The van der Waals surface area contributed by atoms with Crippen LogP contribution in [0, 0.1) is 10.1 Å². The Morgan fingerprint density at radius 2 is 1.96 bits per heavy atom. The van der Waals surface area contributed by atoms with Gasteiger partial charge in [-0.1, -0.05) is 15.9 Å². The van der Waals surface area contributed by atoms with Crippen molar-refractivity contribution in [1.82, 2.24) is 9.78 Å². The molecule has 2 aromatic heterocycles. The molecule has 0 spiro atoms. The van der Waals surface area contributed by atoms with Gasteiger partial charge in [0.1, 0.15) is 22.5 Å². The molecule has 0 N–H and O–H groups in total. The molecule has 0 amide bonds. The number of ketones is 1. The number of carbonyl (C=O) groups is 1. The molecule has 3 aromatic rings. The van der Waals surface area contributed by atoms with Gasteiger partial charge >= 0.3 is 5.82 Å². The summed E-state index contributed by atoms with van der Waals surface area (Å²) in [5.41, 5.74) is 0.574. The Labute approximate surface area is 164 Å². The second kappa shape index (κ2) is 7.79. The van der Waals surface area contributed by atoms with Gasteiger partial charge in [-0.05, 0) is 69.4 Å². The SMILES string of the molecule is O=C(/C=C/c1ccc(Cn2cc(Br)c([N+](=O)[O-])n2)o1)c1ccc(Br)cc1. The first-order chi connectivity index (χ1) is 12.4. The van der Waals surface area contributed by atoms with Crippen LogP contribution in [0.2, 0.25) is 0 Å². The summed E-state index contributed by atoms with van der Waals surface area (Å²) in [5.74, 6) is 0.677. The Kier molecular flexibility index (Phi) is 5.48. The molecule has 132 valence electrons. The molecule has 0 aliphatic rings. The van der Waals surface area contributed by atoms with Gasteiger partial charge in [0.15, 0.2) is 5.78 Å². The average Bonchev–Trinajstić information content (AvgIpc) is 3.20. The van der Waals surface area contributed by atoms with Crippen molar-refractivity contribution in [3.8, 4) is 0 Å². The number of furan rings is 1. The first-order valence-corrected chi connectivity index (χ1v) is 8.95. The largest absolute Gasteiger partial charge is 0.460 e. The Bertz CT molecular complexity index is 990. The lowest BCUT2D eigenvalue weighted by atomic mass is 10.1. The molecule has 0 bridgehead atoms. The quantitative estimate of drug-likeness (QED) is 0.217. The first kappa shape index (κ1) is 18.3. The highest BCUT2D eigenvalue weighted by atomic mass is 79.9. The first-order valence-electron chi connectivity index (χ1n) is 7.36. The van der Waals surface area contributed by atoms with Crippen molar-refractivity contribution in [3.05, 3.63) is 84.8 Å². The Morgan fingerprint density at radius 1 is 1.23 bits per heavy atom. The fourth-order valence-electron chi connectivity index (χ4n) is 2.19.